The zero-order chi connectivity index (χ0) is 15.1. The zero-order valence-electron chi connectivity index (χ0n) is 12.5. The highest BCUT2D eigenvalue weighted by Gasteiger charge is 2.40. The molecule has 0 rings (SSSR count). The summed E-state index contributed by atoms with van der Waals surface area (Å²) < 4.78 is 0. The highest BCUT2D eigenvalue weighted by atomic mass is 16.3. The maximum atomic E-state index is 10.4. The fraction of sp³-hybridized carbons (Fsp3) is 0.733. The minimum absolute atomic E-state index is 0.0978. The smallest absolute Gasteiger partial charge is 0.130 e. The van der Waals surface area contributed by atoms with Gasteiger partial charge in [0.15, 0.2) is 0 Å². The second kappa shape index (κ2) is 8.23. The third-order valence-corrected chi connectivity index (χ3v) is 3.82. The van der Waals surface area contributed by atoms with E-state index in [9.17, 15) is 20.4 Å². The van der Waals surface area contributed by atoms with E-state index >= 15 is 0 Å². The number of hydrogen-bond donors (Lipinski definition) is 4. The van der Waals surface area contributed by atoms with Crippen LogP contribution in [0.1, 0.15) is 53.4 Å². The van der Waals surface area contributed by atoms with Gasteiger partial charge >= 0.3 is 0 Å². The van der Waals surface area contributed by atoms with Gasteiger partial charge in [-0.25, -0.2) is 0 Å². The van der Waals surface area contributed by atoms with Crippen molar-refractivity contribution in [2.75, 3.05) is 13.2 Å². The summed E-state index contributed by atoms with van der Waals surface area (Å²) in [5, 5.41) is 40.1. The first-order valence-electron chi connectivity index (χ1n) is 7.03. The van der Waals surface area contributed by atoms with Crippen LogP contribution in [0.2, 0.25) is 0 Å². The fourth-order valence-electron chi connectivity index (χ4n) is 2.31. The van der Waals surface area contributed by atoms with Gasteiger partial charge in [-0.05, 0) is 36.8 Å². The third kappa shape index (κ3) is 3.51. The molecular weight excluding hydrogens is 244 g/mol. The molecule has 0 aromatic carbocycles. The summed E-state index contributed by atoms with van der Waals surface area (Å²) in [5.74, 6) is -0.196. The second-order valence-corrected chi connectivity index (χ2v) is 4.72. The Balaban J connectivity index is 6.01. The van der Waals surface area contributed by atoms with Gasteiger partial charge in [-0.3, -0.25) is 0 Å². The molecule has 0 aliphatic heterocycles. The summed E-state index contributed by atoms with van der Waals surface area (Å²) in [6, 6.07) is 0. The molecule has 4 heteroatoms. The van der Waals surface area contributed by atoms with Crippen LogP contribution in [0, 0.1) is 5.41 Å². The molecule has 0 aliphatic carbocycles. The number of allylic oxidation sites excluding steroid dienone is 2. The molecule has 4 N–H and O–H groups in total. The predicted molar refractivity (Wildman–Crippen MR) is 77.1 cm³/mol. The van der Waals surface area contributed by atoms with Crippen LogP contribution < -0.4 is 0 Å². The van der Waals surface area contributed by atoms with E-state index in [4.69, 9.17) is 0 Å². The molecule has 0 aromatic heterocycles. The summed E-state index contributed by atoms with van der Waals surface area (Å²) in [6.07, 6.45) is 2.46. The molecule has 0 heterocycles. The van der Waals surface area contributed by atoms with Crippen molar-refractivity contribution >= 4 is 0 Å². The number of aliphatic hydroxyl groups is 4. The number of hydrogen-bond acceptors (Lipinski definition) is 4. The van der Waals surface area contributed by atoms with Crippen molar-refractivity contribution in [2.45, 2.75) is 53.4 Å². The highest BCUT2D eigenvalue weighted by molar-refractivity contribution is 5.29. The van der Waals surface area contributed by atoms with Crippen molar-refractivity contribution in [1.82, 2.24) is 0 Å². The van der Waals surface area contributed by atoms with Crippen LogP contribution in [0.15, 0.2) is 22.7 Å². The normalized spacial score (nSPS) is 11.3. The standard InChI is InChI=1S/C15H28O4/c1-5-11(6-2)13(18)15(9-16,10-17)14(19)12(7-3)8-4/h16-19H,5-10H2,1-4H3. The topological polar surface area (TPSA) is 80.9 Å². The Bertz CT molecular complexity index is 296. The van der Waals surface area contributed by atoms with Gasteiger partial charge in [0.2, 0.25) is 0 Å². The van der Waals surface area contributed by atoms with Crippen LogP contribution in [0.25, 0.3) is 0 Å². The largest absolute Gasteiger partial charge is 0.511 e. The average Bonchev–Trinajstić information content (AvgIpc) is 2.43. The molecule has 0 aromatic rings. The summed E-state index contributed by atoms with van der Waals surface area (Å²) in [6.45, 7) is 6.56. The molecule has 0 atom stereocenters. The second-order valence-electron chi connectivity index (χ2n) is 4.72. The molecule has 0 amide bonds. The summed E-state index contributed by atoms with van der Waals surface area (Å²) in [4.78, 5) is 0. The molecule has 0 aliphatic rings. The molecule has 4 nitrogen and oxygen atoms in total. The molecular formula is C15H28O4. The monoisotopic (exact) mass is 272 g/mol. The van der Waals surface area contributed by atoms with Gasteiger partial charge in [-0.1, -0.05) is 27.7 Å². The van der Waals surface area contributed by atoms with Crippen LogP contribution >= 0.6 is 0 Å². The maximum absolute atomic E-state index is 10.4. The van der Waals surface area contributed by atoms with Crippen LogP contribution in [0.5, 0.6) is 0 Å². The van der Waals surface area contributed by atoms with Gasteiger partial charge in [0.1, 0.15) is 16.9 Å². The number of aliphatic hydroxyl groups excluding tert-OH is 4. The van der Waals surface area contributed by atoms with Crippen molar-refractivity contribution in [2.24, 2.45) is 5.41 Å². The van der Waals surface area contributed by atoms with Crippen molar-refractivity contribution in [1.29, 1.82) is 0 Å². The Morgan fingerprint density at radius 2 is 0.947 bits per heavy atom. The van der Waals surface area contributed by atoms with Crippen LogP contribution in [0.4, 0.5) is 0 Å². The maximum Gasteiger partial charge on any atom is 0.130 e. The lowest BCUT2D eigenvalue weighted by Gasteiger charge is -2.32. The zero-order valence-corrected chi connectivity index (χ0v) is 12.5. The molecule has 112 valence electrons. The van der Waals surface area contributed by atoms with Crippen molar-refractivity contribution in [3.63, 3.8) is 0 Å². The van der Waals surface area contributed by atoms with E-state index in [0.717, 1.165) is 11.1 Å². The lowest BCUT2D eigenvalue weighted by Crippen LogP contribution is -2.36. The van der Waals surface area contributed by atoms with Crippen LogP contribution in [-0.2, 0) is 0 Å². The van der Waals surface area contributed by atoms with Crippen molar-refractivity contribution < 1.29 is 20.4 Å². The summed E-state index contributed by atoms with van der Waals surface area (Å²) in [7, 11) is 0. The fourth-order valence-corrected chi connectivity index (χ4v) is 2.31. The van der Waals surface area contributed by atoms with Gasteiger partial charge in [-0.2, -0.15) is 0 Å². The van der Waals surface area contributed by atoms with Gasteiger partial charge in [-0.15, -0.1) is 0 Å². The Kier molecular flexibility index (Phi) is 7.79. The van der Waals surface area contributed by atoms with E-state index in [1.54, 1.807) is 0 Å². The van der Waals surface area contributed by atoms with Crippen molar-refractivity contribution in [3.05, 3.63) is 22.7 Å². The van der Waals surface area contributed by atoms with E-state index in [0.29, 0.717) is 25.7 Å². The lowest BCUT2D eigenvalue weighted by molar-refractivity contribution is 0.0414. The summed E-state index contributed by atoms with van der Waals surface area (Å²) in [5.41, 5.74) is 0.00492. The van der Waals surface area contributed by atoms with E-state index in [1.165, 1.54) is 0 Å². The van der Waals surface area contributed by atoms with Gasteiger partial charge in [0.05, 0.1) is 13.2 Å². The van der Waals surface area contributed by atoms with E-state index in [-0.39, 0.29) is 11.5 Å². The Morgan fingerprint density at radius 3 is 1.11 bits per heavy atom. The Hall–Kier alpha value is -1.00. The molecule has 0 radical (unpaired) electrons. The first-order chi connectivity index (χ1) is 8.98. The highest BCUT2D eigenvalue weighted by Crippen LogP contribution is 2.38. The third-order valence-electron chi connectivity index (χ3n) is 3.82. The lowest BCUT2D eigenvalue weighted by atomic mass is 9.79. The molecule has 19 heavy (non-hydrogen) atoms. The SMILES string of the molecule is CCC(CC)=C(O)C(CO)(CO)C(O)=C(CC)CC. The first-order valence-corrected chi connectivity index (χ1v) is 7.03. The molecule has 0 saturated heterocycles. The molecule has 0 fully saturated rings. The molecule has 0 saturated carbocycles. The Labute approximate surface area is 116 Å². The van der Waals surface area contributed by atoms with Gasteiger partial charge in [0, 0.05) is 0 Å². The van der Waals surface area contributed by atoms with E-state index < -0.39 is 18.6 Å². The first kappa shape index (κ1) is 18.0. The van der Waals surface area contributed by atoms with E-state index in [2.05, 4.69) is 0 Å². The number of rotatable bonds is 8. The minimum atomic E-state index is -1.47. The quantitative estimate of drug-likeness (QED) is 0.511. The molecule has 0 unspecified atom stereocenters. The molecule has 0 bridgehead atoms. The Morgan fingerprint density at radius 1 is 0.684 bits per heavy atom. The predicted octanol–water partition coefficient (Wildman–Crippen LogP) is 3.22. The van der Waals surface area contributed by atoms with Gasteiger partial charge in [0.25, 0.3) is 0 Å². The van der Waals surface area contributed by atoms with Crippen molar-refractivity contribution in [3.8, 4) is 0 Å². The van der Waals surface area contributed by atoms with E-state index in [1.807, 2.05) is 27.7 Å². The van der Waals surface area contributed by atoms with Gasteiger partial charge < -0.3 is 20.4 Å². The van der Waals surface area contributed by atoms with Crippen LogP contribution in [0.3, 0.4) is 0 Å². The molecule has 0 spiro atoms. The average molecular weight is 272 g/mol. The van der Waals surface area contributed by atoms with Crippen LogP contribution in [-0.4, -0.2) is 33.6 Å². The summed E-state index contributed by atoms with van der Waals surface area (Å²) >= 11 is 0. The minimum Gasteiger partial charge on any atom is -0.511 e.